The van der Waals surface area contributed by atoms with Crippen LogP contribution in [-0.4, -0.2) is 22.9 Å². The van der Waals surface area contributed by atoms with E-state index < -0.39 is 0 Å². The number of fused-ring (bicyclic) bond motifs is 1. The van der Waals surface area contributed by atoms with Crippen molar-refractivity contribution >= 4 is 40.8 Å². The van der Waals surface area contributed by atoms with Crippen LogP contribution in [0.1, 0.15) is 31.2 Å². The summed E-state index contributed by atoms with van der Waals surface area (Å²) in [6.45, 7) is 0.435. The molecular weight excluding hydrogens is 383 g/mol. The van der Waals surface area contributed by atoms with Gasteiger partial charge in [-0.15, -0.1) is 0 Å². The summed E-state index contributed by atoms with van der Waals surface area (Å²) in [4.78, 5) is 29.6. The Bertz CT molecular complexity index is 886. The van der Waals surface area contributed by atoms with Gasteiger partial charge in [0.15, 0.2) is 0 Å². The van der Waals surface area contributed by atoms with E-state index in [1.54, 1.807) is 24.3 Å². The van der Waals surface area contributed by atoms with E-state index in [0.717, 1.165) is 31.2 Å². The predicted molar refractivity (Wildman–Crippen MR) is 107 cm³/mol. The molecule has 27 heavy (non-hydrogen) atoms. The zero-order valence-corrected chi connectivity index (χ0v) is 16.3. The molecule has 140 valence electrons. The second kappa shape index (κ2) is 7.53. The molecule has 0 aromatic heterocycles. The number of hydrogen-bond acceptors (Lipinski definition) is 2. The molecule has 4 rings (SSSR count). The van der Waals surface area contributed by atoms with Crippen LogP contribution in [0.2, 0.25) is 10.0 Å². The van der Waals surface area contributed by atoms with Gasteiger partial charge >= 0.3 is 6.03 Å². The van der Waals surface area contributed by atoms with Crippen LogP contribution in [0.3, 0.4) is 0 Å². The van der Waals surface area contributed by atoms with E-state index in [4.69, 9.17) is 23.2 Å². The summed E-state index contributed by atoms with van der Waals surface area (Å²) in [5.41, 5.74) is 1.48. The molecule has 1 saturated carbocycles. The summed E-state index contributed by atoms with van der Waals surface area (Å²) >= 11 is 12.2. The highest BCUT2D eigenvalue weighted by molar-refractivity contribution is 6.31. The fraction of sp³-hybridized carbons (Fsp3) is 0.333. The zero-order valence-electron chi connectivity index (χ0n) is 14.8. The van der Waals surface area contributed by atoms with Gasteiger partial charge < -0.3 is 4.90 Å². The van der Waals surface area contributed by atoms with Crippen LogP contribution >= 0.6 is 23.2 Å². The van der Waals surface area contributed by atoms with Gasteiger partial charge in [-0.25, -0.2) is 9.69 Å². The number of urea groups is 1. The third-order valence-corrected chi connectivity index (χ3v) is 5.88. The van der Waals surface area contributed by atoms with Crippen molar-refractivity contribution in [3.63, 3.8) is 0 Å². The van der Waals surface area contributed by atoms with Gasteiger partial charge in [-0.05, 0) is 48.7 Å². The lowest BCUT2D eigenvalue weighted by Crippen LogP contribution is -2.62. The van der Waals surface area contributed by atoms with E-state index in [1.165, 1.54) is 4.90 Å². The lowest BCUT2D eigenvalue weighted by molar-refractivity contribution is -0.126. The summed E-state index contributed by atoms with van der Waals surface area (Å²) in [6.07, 6.45) is 3.70. The molecule has 2 fully saturated rings. The van der Waals surface area contributed by atoms with Crippen LogP contribution in [0.25, 0.3) is 0 Å². The molecule has 4 nitrogen and oxygen atoms in total. The van der Waals surface area contributed by atoms with Crippen LogP contribution in [0.15, 0.2) is 48.5 Å². The number of carbonyl (C=O) groups is 2. The molecule has 2 aliphatic rings. The van der Waals surface area contributed by atoms with Crippen molar-refractivity contribution in [2.24, 2.45) is 5.92 Å². The Morgan fingerprint density at radius 2 is 1.63 bits per heavy atom. The van der Waals surface area contributed by atoms with Crippen molar-refractivity contribution < 1.29 is 9.59 Å². The summed E-state index contributed by atoms with van der Waals surface area (Å²) in [6, 6.07) is 14.1. The molecule has 2 atom stereocenters. The highest BCUT2D eigenvalue weighted by atomic mass is 35.5. The van der Waals surface area contributed by atoms with Crippen molar-refractivity contribution in [3.8, 4) is 0 Å². The Morgan fingerprint density at radius 1 is 0.926 bits per heavy atom. The molecule has 0 spiro atoms. The molecule has 1 heterocycles. The topological polar surface area (TPSA) is 40.6 Å². The van der Waals surface area contributed by atoms with E-state index in [0.29, 0.717) is 22.3 Å². The largest absolute Gasteiger partial charge is 0.331 e. The molecule has 1 aliphatic heterocycles. The molecule has 0 N–H and O–H groups in total. The normalized spacial score (nSPS) is 22.7. The number of anilines is 1. The van der Waals surface area contributed by atoms with Crippen molar-refractivity contribution in [1.29, 1.82) is 0 Å². The third-order valence-electron chi connectivity index (χ3n) is 5.41. The van der Waals surface area contributed by atoms with Crippen molar-refractivity contribution in [2.45, 2.75) is 38.3 Å². The average Bonchev–Trinajstić information content (AvgIpc) is 2.65. The third kappa shape index (κ3) is 3.56. The minimum absolute atomic E-state index is 0.0619. The van der Waals surface area contributed by atoms with Crippen molar-refractivity contribution in [3.05, 3.63) is 64.1 Å². The Morgan fingerprint density at radius 3 is 2.37 bits per heavy atom. The summed E-state index contributed by atoms with van der Waals surface area (Å²) in [7, 11) is 0. The van der Waals surface area contributed by atoms with Gasteiger partial charge in [-0.1, -0.05) is 54.2 Å². The van der Waals surface area contributed by atoms with E-state index in [-0.39, 0.29) is 23.9 Å². The first-order valence-corrected chi connectivity index (χ1v) is 9.95. The molecule has 1 aliphatic carbocycles. The molecule has 3 amide bonds. The van der Waals surface area contributed by atoms with Crippen molar-refractivity contribution in [1.82, 2.24) is 4.90 Å². The first-order valence-electron chi connectivity index (χ1n) is 9.19. The molecule has 2 aromatic carbocycles. The fourth-order valence-corrected chi connectivity index (χ4v) is 4.57. The first kappa shape index (κ1) is 18.3. The summed E-state index contributed by atoms with van der Waals surface area (Å²) in [5, 5.41) is 1.14. The van der Waals surface area contributed by atoms with Gasteiger partial charge in [0.1, 0.15) is 0 Å². The Kier molecular flexibility index (Phi) is 5.11. The number of nitrogens with zero attached hydrogens (tertiary/aromatic N) is 2. The molecule has 6 heteroatoms. The Labute approximate surface area is 168 Å². The number of rotatable bonds is 3. The van der Waals surface area contributed by atoms with E-state index in [2.05, 4.69) is 0 Å². The average molecular weight is 403 g/mol. The van der Waals surface area contributed by atoms with Crippen LogP contribution < -0.4 is 4.90 Å². The molecule has 0 bridgehead atoms. The lowest BCUT2D eigenvalue weighted by Gasteiger charge is -2.46. The standard InChI is InChI=1S/C21H20Cl2N2O2/c22-15-6-3-5-14(11-15)13-24-19-10-2-1-9-18(19)20(26)25(21(24)27)17-8-4-7-16(23)12-17/h3-8,11-12,18-19H,1-2,9-10,13H2. The van der Waals surface area contributed by atoms with E-state index >= 15 is 0 Å². The molecule has 2 unspecified atom stereocenters. The lowest BCUT2D eigenvalue weighted by atomic mass is 9.81. The van der Waals surface area contributed by atoms with Gasteiger partial charge in [0.25, 0.3) is 0 Å². The van der Waals surface area contributed by atoms with Crippen LogP contribution in [0.5, 0.6) is 0 Å². The molecule has 2 aromatic rings. The van der Waals surface area contributed by atoms with Gasteiger partial charge in [0.2, 0.25) is 5.91 Å². The predicted octanol–water partition coefficient (Wildman–Crippen LogP) is 5.52. The number of amides is 3. The smallest absolute Gasteiger partial charge is 0.316 e. The second-order valence-corrected chi connectivity index (χ2v) is 8.03. The SMILES string of the molecule is O=C1C2CCCCC2N(Cc2cccc(Cl)c2)C(=O)N1c1cccc(Cl)c1. The van der Waals surface area contributed by atoms with E-state index in [1.807, 2.05) is 29.2 Å². The maximum absolute atomic E-state index is 13.3. The summed E-state index contributed by atoms with van der Waals surface area (Å²) in [5.74, 6) is -0.288. The molecule has 0 radical (unpaired) electrons. The van der Waals surface area contributed by atoms with Crippen LogP contribution in [0.4, 0.5) is 10.5 Å². The monoisotopic (exact) mass is 402 g/mol. The van der Waals surface area contributed by atoms with Crippen molar-refractivity contribution in [2.75, 3.05) is 4.90 Å². The number of carbonyl (C=O) groups excluding carboxylic acids is 2. The van der Waals surface area contributed by atoms with Gasteiger partial charge in [0, 0.05) is 22.6 Å². The summed E-state index contributed by atoms with van der Waals surface area (Å²) < 4.78 is 0. The Hall–Kier alpha value is -2.04. The Balaban J connectivity index is 1.71. The fourth-order valence-electron chi connectivity index (χ4n) is 4.17. The maximum Gasteiger partial charge on any atom is 0.331 e. The maximum atomic E-state index is 13.3. The first-order chi connectivity index (χ1) is 13.0. The van der Waals surface area contributed by atoms with Crippen LogP contribution in [-0.2, 0) is 11.3 Å². The van der Waals surface area contributed by atoms with Gasteiger partial charge in [-0.2, -0.15) is 0 Å². The quantitative estimate of drug-likeness (QED) is 0.677. The number of imide groups is 1. The minimum Gasteiger partial charge on any atom is -0.316 e. The van der Waals surface area contributed by atoms with Gasteiger partial charge in [0.05, 0.1) is 11.6 Å². The molecule has 1 saturated heterocycles. The second-order valence-electron chi connectivity index (χ2n) is 7.15. The zero-order chi connectivity index (χ0) is 19.0. The van der Waals surface area contributed by atoms with Gasteiger partial charge in [-0.3, -0.25) is 4.79 Å². The highest BCUT2D eigenvalue weighted by Gasteiger charge is 2.47. The molecular formula is C21H20Cl2N2O2. The number of halogens is 2. The van der Waals surface area contributed by atoms with Crippen LogP contribution in [0, 0.1) is 5.92 Å². The highest BCUT2D eigenvalue weighted by Crippen LogP contribution is 2.37. The number of benzene rings is 2. The number of hydrogen-bond donors (Lipinski definition) is 0. The van der Waals surface area contributed by atoms with E-state index in [9.17, 15) is 9.59 Å². The minimum atomic E-state index is -0.287.